The fraction of sp³-hybridized carbons (Fsp3) is 0.630. The van der Waals surface area contributed by atoms with Crippen LogP contribution in [-0.4, -0.2) is 70.7 Å². The highest BCUT2D eigenvalue weighted by atomic mass is 16.3. The molecule has 0 saturated heterocycles. The third-order valence-corrected chi connectivity index (χ3v) is 5.86. The zero-order valence-electron chi connectivity index (χ0n) is 22.2. The maximum atomic E-state index is 12.9. The summed E-state index contributed by atoms with van der Waals surface area (Å²) >= 11 is 0. The van der Waals surface area contributed by atoms with Crippen molar-refractivity contribution in [1.29, 1.82) is 0 Å². The molecule has 6 N–H and O–H groups in total. The summed E-state index contributed by atoms with van der Waals surface area (Å²) in [5, 5.41) is 30.7. The summed E-state index contributed by atoms with van der Waals surface area (Å²) in [6.07, 6.45) is 14.1. The van der Waals surface area contributed by atoms with Crippen LogP contribution in [-0.2, 0) is 19.2 Å². The van der Waals surface area contributed by atoms with E-state index in [9.17, 15) is 29.4 Å². The van der Waals surface area contributed by atoms with Gasteiger partial charge in [-0.1, -0.05) is 56.9 Å². The molecule has 1 rings (SSSR count). The van der Waals surface area contributed by atoms with Crippen molar-refractivity contribution in [3.63, 3.8) is 0 Å². The molecule has 1 aliphatic rings. The van der Waals surface area contributed by atoms with Crippen LogP contribution in [0.1, 0.15) is 72.1 Å². The minimum absolute atomic E-state index is 0.104. The second-order valence-corrected chi connectivity index (χ2v) is 9.40. The molecule has 0 bridgehead atoms. The van der Waals surface area contributed by atoms with E-state index in [-0.39, 0.29) is 25.3 Å². The Balaban J connectivity index is 2.73. The third-order valence-electron chi connectivity index (χ3n) is 5.86. The summed E-state index contributed by atoms with van der Waals surface area (Å²) in [5.74, 6) is -2.20. The van der Waals surface area contributed by atoms with E-state index >= 15 is 0 Å². The number of hydrogen-bond donors (Lipinski definition) is 6. The monoisotopic (exact) mass is 520 g/mol. The SMILES string of the molecule is CCCCCCC/C=C/C=C/C(=O)N[C@H](C(=O)NC1CC(O)CCNC(=O)/C=C/[C@H](C)NC1=O)C(C)O. The predicted octanol–water partition coefficient (Wildman–Crippen LogP) is 1.14. The number of aliphatic hydroxyl groups is 2. The number of unbranched alkanes of at least 4 members (excludes halogenated alkanes) is 5. The number of hydrogen-bond acceptors (Lipinski definition) is 6. The molecule has 10 heteroatoms. The minimum atomic E-state index is -1.30. The average Bonchev–Trinajstić information content (AvgIpc) is 2.83. The molecular formula is C27H44N4O6. The summed E-state index contributed by atoms with van der Waals surface area (Å²) in [5.41, 5.74) is 0. The number of rotatable bonds is 12. The Morgan fingerprint density at radius 3 is 2.62 bits per heavy atom. The normalized spacial score (nSPS) is 23.9. The standard InChI is InChI=1S/C27H44N4O6/c1-4-5-6-7-8-9-10-11-12-13-24(35)31-25(20(3)32)27(37)30-22-18-21(33)16-17-28-23(34)15-14-19(2)29-26(22)36/h10-15,19-22,25,32-33H,4-9,16-18H2,1-3H3,(H,28,34)(H,29,36)(H,30,37)(H,31,35)/b11-10+,13-12+,15-14+/t19-,20?,21?,22?,25-/m0/s1. The molecule has 10 nitrogen and oxygen atoms in total. The highest BCUT2D eigenvalue weighted by Gasteiger charge is 2.31. The molecule has 0 aromatic heterocycles. The number of amides is 4. The largest absolute Gasteiger partial charge is 0.393 e. The van der Waals surface area contributed by atoms with E-state index in [1.807, 2.05) is 6.08 Å². The van der Waals surface area contributed by atoms with E-state index in [1.165, 1.54) is 50.8 Å². The van der Waals surface area contributed by atoms with Gasteiger partial charge in [-0.3, -0.25) is 19.2 Å². The molecule has 1 aliphatic heterocycles. The van der Waals surface area contributed by atoms with E-state index in [4.69, 9.17) is 0 Å². The number of aliphatic hydroxyl groups excluding tert-OH is 2. The van der Waals surface area contributed by atoms with Gasteiger partial charge < -0.3 is 31.5 Å². The van der Waals surface area contributed by atoms with Gasteiger partial charge in [0.05, 0.1) is 12.2 Å². The molecule has 37 heavy (non-hydrogen) atoms. The van der Waals surface area contributed by atoms with Crippen LogP contribution in [0.3, 0.4) is 0 Å². The first-order valence-electron chi connectivity index (χ1n) is 13.2. The van der Waals surface area contributed by atoms with E-state index in [1.54, 1.807) is 19.1 Å². The fourth-order valence-electron chi connectivity index (χ4n) is 3.70. The summed E-state index contributed by atoms with van der Waals surface area (Å²) in [7, 11) is 0. The van der Waals surface area contributed by atoms with Crippen LogP contribution >= 0.6 is 0 Å². The van der Waals surface area contributed by atoms with Crippen molar-refractivity contribution in [1.82, 2.24) is 21.3 Å². The number of carbonyl (C=O) groups excluding carboxylic acids is 4. The maximum absolute atomic E-state index is 12.9. The van der Waals surface area contributed by atoms with Crippen LogP contribution in [0, 0.1) is 0 Å². The number of carbonyl (C=O) groups is 4. The Morgan fingerprint density at radius 1 is 1.19 bits per heavy atom. The Hall–Kier alpha value is -2.98. The quantitative estimate of drug-likeness (QED) is 0.129. The molecule has 208 valence electrons. The molecule has 0 aromatic carbocycles. The molecule has 4 amide bonds. The molecule has 3 unspecified atom stereocenters. The van der Waals surface area contributed by atoms with E-state index in [0.717, 1.165) is 12.8 Å². The van der Waals surface area contributed by atoms with Crippen molar-refractivity contribution in [3.8, 4) is 0 Å². The summed E-state index contributed by atoms with van der Waals surface area (Å²) in [6, 6.07) is -2.92. The predicted molar refractivity (Wildman–Crippen MR) is 142 cm³/mol. The van der Waals surface area contributed by atoms with E-state index in [0.29, 0.717) is 0 Å². The molecule has 0 fully saturated rings. The van der Waals surface area contributed by atoms with Gasteiger partial charge in [0, 0.05) is 31.2 Å². The first kappa shape index (κ1) is 32.0. The lowest BCUT2D eigenvalue weighted by Gasteiger charge is -2.26. The molecule has 0 radical (unpaired) electrons. The molecular weight excluding hydrogens is 476 g/mol. The molecule has 0 spiro atoms. The summed E-state index contributed by atoms with van der Waals surface area (Å²) in [6.45, 7) is 5.40. The topological polar surface area (TPSA) is 157 Å². The first-order chi connectivity index (χ1) is 17.6. The van der Waals surface area contributed by atoms with Gasteiger partial charge in [-0.15, -0.1) is 0 Å². The van der Waals surface area contributed by atoms with Gasteiger partial charge in [0.1, 0.15) is 12.1 Å². The molecule has 1 heterocycles. The molecule has 0 saturated carbocycles. The van der Waals surface area contributed by atoms with Gasteiger partial charge in [0.2, 0.25) is 23.6 Å². The Kier molecular flexibility index (Phi) is 15.8. The van der Waals surface area contributed by atoms with Gasteiger partial charge in [-0.05, 0) is 33.1 Å². The Bertz CT molecular complexity index is 824. The second kappa shape index (κ2) is 18.3. The zero-order valence-corrected chi connectivity index (χ0v) is 22.2. The van der Waals surface area contributed by atoms with Crippen LogP contribution in [0.25, 0.3) is 0 Å². The Morgan fingerprint density at radius 2 is 1.92 bits per heavy atom. The van der Waals surface area contributed by atoms with Crippen molar-refractivity contribution >= 4 is 23.6 Å². The van der Waals surface area contributed by atoms with E-state index in [2.05, 4.69) is 28.2 Å². The van der Waals surface area contributed by atoms with Crippen LogP contribution in [0.5, 0.6) is 0 Å². The lowest BCUT2D eigenvalue weighted by atomic mass is 10.0. The van der Waals surface area contributed by atoms with Crippen molar-refractivity contribution in [2.24, 2.45) is 0 Å². The number of nitrogens with one attached hydrogen (secondary N) is 4. The fourth-order valence-corrected chi connectivity index (χ4v) is 3.70. The Labute approximate surface area is 220 Å². The molecule has 5 atom stereocenters. The third kappa shape index (κ3) is 14.4. The van der Waals surface area contributed by atoms with Gasteiger partial charge in [0.25, 0.3) is 0 Å². The van der Waals surface area contributed by atoms with Crippen LogP contribution in [0.15, 0.2) is 36.5 Å². The van der Waals surface area contributed by atoms with Gasteiger partial charge in [-0.25, -0.2) is 0 Å². The van der Waals surface area contributed by atoms with Crippen LogP contribution < -0.4 is 21.3 Å². The van der Waals surface area contributed by atoms with Crippen LogP contribution in [0.2, 0.25) is 0 Å². The van der Waals surface area contributed by atoms with Crippen molar-refractivity contribution in [3.05, 3.63) is 36.5 Å². The molecule has 0 aliphatic carbocycles. The smallest absolute Gasteiger partial charge is 0.245 e. The second-order valence-electron chi connectivity index (χ2n) is 9.40. The van der Waals surface area contributed by atoms with Crippen molar-refractivity contribution in [2.45, 2.75) is 102 Å². The average molecular weight is 521 g/mol. The van der Waals surface area contributed by atoms with Gasteiger partial charge >= 0.3 is 0 Å². The summed E-state index contributed by atoms with van der Waals surface area (Å²) < 4.78 is 0. The lowest BCUT2D eigenvalue weighted by molar-refractivity contribution is -0.134. The van der Waals surface area contributed by atoms with Crippen molar-refractivity contribution in [2.75, 3.05) is 6.54 Å². The maximum Gasteiger partial charge on any atom is 0.245 e. The van der Waals surface area contributed by atoms with Gasteiger partial charge in [-0.2, -0.15) is 0 Å². The van der Waals surface area contributed by atoms with Gasteiger partial charge in [0.15, 0.2) is 0 Å². The first-order valence-corrected chi connectivity index (χ1v) is 13.2. The van der Waals surface area contributed by atoms with Crippen molar-refractivity contribution < 1.29 is 29.4 Å². The summed E-state index contributed by atoms with van der Waals surface area (Å²) in [4.78, 5) is 49.7. The molecule has 0 aromatic rings. The van der Waals surface area contributed by atoms with Crippen LogP contribution in [0.4, 0.5) is 0 Å². The highest BCUT2D eigenvalue weighted by molar-refractivity contribution is 5.95. The minimum Gasteiger partial charge on any atom is -0.393 e. The number of allylic oxidation sites excluding steroid dienone is 3. The van der Waals surface area contributed by atoms with E-state index < -0.39 is 48.1 Å². The zero-order chi connectivity index (χ0) is 27.6. The highest BCUT2D eigenvalue weighted by Crippen LogP contribution is 2.07. The lowest BCUT2D eigenvalue weighted by Crippen LogP contribution is -2.58.